The van der Waals surface area contributed by atoms with E-state index in [1.807, 2.05) is 30.3 Å². The van der Waals surface area contributed by atoms with Crippen LogP contribution >= 0.6 is 0 Å². The highest BCUT2D eigenvalue weighted by atomic mass is 19.1. The Morgan fingerprint density at radius 1 is 0.920 bits per heavy atom. The van der Waals surface area contributed by atoms with E-state index in [0.717, 1.165) is 5.56 Å². The van der Waals surface area contributed by atoms with Crippen molar-refractivity contribution >= 4 is 0 Å². The van der Waals surface area contributed by atoms with Crippen molar-refractivity contribution in [2.45, 2.75) is 38.0 Å². The number of nitrogens with zero attached hydrogens (tertiary/aromatic N) is 1. The van der Waals surface area contributed by atoms with Crippen molar-refractivity contribution in [3.05, 3.63) is 71.8 Å². The Balaban J connectivity index is 1.60. The third kappa shape index (κ3) is 4.57. The quantitative estimate of drug-likeness (QED) is 0.580. The fourth-order valence-corrected chi connectivity index (χ4v) is 3.68. The average Bonchev–Trinajstić information content (AvgIpc) is 2.69. The van der Waals surface area contributed by atoms with E-state index in [0.29, 0.717) is 23.8 Å². The fourth-order valence-electron chi connectivity index (χ4n) is 3.68. The maximum atomic E-state index is 12.2. The van der Waals surface area contributed by atoms with Crippen LogP contribution in [0.25, 0.3) is 11.1 Å². The second-order valence-electron chi connectivity index (χ2n) is 6.83. The summed E-state index contributed by atoms with van der Waals surface area (Å²) in [5.74, 6) is 1.27. The first-order chi connectivity index (χ1) is 12.3. The zero-order valence-corrected chi connectivity index (χ0v) is 14.5. The molecule has 0 atom stereocenters. The summed E-state index contributed by atoms with van der Waals surface area (Å²) in [5.41, 5.74) is 4.45. The molecule has 0 unspecified atom stereocenters. The van der Waals surface area contributed by atoms with Gasteiger partial charge >= 0.3 is 0 Å². The highest BCUT2D eigenvalue weighted by Gasteiger charge is 2.20. The number of allylic oxidation sites excluding steroid dienone is 2. The predicted octanol–water partition coefficient (Wildman–Crippen LogP) is 6.41. The van der Waals surface area contributed by atoms with E-state index < -0.39 is 0 Å². The Labute approximate surface area is 149 Å². The zero-order chi connectivity index (χ0) is 17.5. The molecule has 1 fully saturated rings. The number of hydrogen-bond acceptors (Lipinski definition) is 1. The molecule has 0 saturated heterocycles. The van der Waals surface area contributed by atoms with E-state index in [1.54, 1.807) is 0 Å². The van der Waals surface area contributed by atoms with Gasteiger partial charge in [0.25, 0.3) is 0 Å². The minimum Gasteiger partial charge on any atom is -0.251 e. The van der Waals surface area contributed by atoms with Gasteiger partial charge in [0.05, 0.1) is 18.3 Å². The molecule has 0 aromatic heterocycles. The highest BCUT2D eigenvalue weighted by molar-refractivity contribution is 5.64. The molecule has 0 spiro atoms. The molecule has 25 heavy (non-hydrogen) atoms. The lowest BCUT2D eigenvalue weighted by Crippen LogP contribution is -2.11. The zero-order valence-electron chi connectivity index (χ0n) is 14.5. The van der Waals surface area contributed by atoms with Crippen LogP contribution in [0.15, 0.2) is 60.7 Å². The Morgan fingerprint density at radius 2 is 1.52 bits per heavy atom. The van der Waals surface area contributed by atoms with Crippen LogP contribution in [0.5, 0.6) is 0 Å². The van der Waals surface area contributed by atoms with Crippen LogP contribution in [-0.2, 0) is 0 Å². The number of benzene rings is 2. The molecule has 0 aliphatic heterocycles. The Kier molecular flexibility index (Phi) is 6.01. The van der Waals surface area contributed by atoms with Gasteiger partial charge in [-0.2, -0.15) is 5.26 Å². The molecule has 0 radical (unpaired) electrons. The van der Waals surface area contributed by atoms with E-state index in [9.17, 15) is 4.39 Å². The monoisotopic (exact) mass is 333 g/mol. The van der Waals surface area contributed by atoms with Crippen molar-refractivity contribution in [3.63, 3.8) is 0 Å². The summed E-state index contributed by atoms with van der Waals surface area (Å²) in [4.78, 5) is 0. The number of rotatable bonds is 5. The lowest BCUT2D eigenvalue weighted by Gasteiger charge is -2.27. The van der Waals surface area contributed by atoms with Crippen LogP contribution in [0.4, 0.5) is 4.39 Å². The van der Waals surface area contributed by atoms with Gasteiger partial charge in [-0.1, -0.05) is 48.6 Å². The van der Waals surface area contributed by atoms with Gasteiger partial charge in [0, 0.05) is 0 Å². The van der Waals surface area contributed by atoms with Gasteiger partial charge in [-0.15, -0.1) is 0 Å². The van der Waals surface area contributed by atoms with Gasteiger partial charge in [0.1, 0.15) is 0 Å². The normalized spacial score (nSPS) is 20.5. The summed E-state index contributed by atoms with van der Waals surface area (Å²) in [6, 6.07) is 18.7. The van der Waals surface area contributed by atoms with Crippen molar-refractivity contribution in [1.29, 1.82) is 5.26 Å². The summed E-state index contributed by atoms with van der Waals surface area (Å²) in [7, 11) is 0. The van der Waals surface area contributed by atoms with Crippen LogP contribution in [0.3, 0.4) is 0 Å². The Hall–Kier alpha value is -2.40. The smallest absolute Gasteiger partial charge is 0.0991 e. The van der Waals surface area contributed by atoms with E-state index in [-0.39, 0.29) is 6.67 Å². The molecule has 0 amide bonds. The molecule has 3 rings (SSSR count). The molecule has 1 aliphatic carbocycles. The van der Waals surface area contributed by atoms with Gasteiger partial charge in [0.2, 0.25) is 0 Å². The van der Waals surface area contributed by atoms with Crippen LogP contribution in [0, 0.1) is 17.2 Å². The maximum Gasteiger partial charge on any atom is 0.0991 e. The van der Waals surface area contributed by atoms with Gasteiger partial charge in [-0.05, 0) is 72.8 Å². The van der Waals surface area contributed by atoms with Gasteiger partial charge in [0.15, 0.2) is 0 Å². The molecular weight excluding hydrogens is 309 g/mol. The Morgan fingerprint density at radius 3 is 2.08 bits per heavy atom. The molecule has 2 heteroatoms. The van der Waals surface area contributed by atoms with Crippen LogP contribution < -0.4 is 0 Å². The molecule has 2 aromatic carbocycles. The molecule has 0 heterocycles. The number of halogens is 1. The minimum atomic E-state index is -0.253. The molecule has 2 aromatic rings. The lowest BCUT2D eigenvalue weighted by molar-refractivity contribution is 0.375. The van der Waals surface area contributed by atoms with Crippen molar-refractivity contribution in [2.75, 3.05) is 6.67 Å². The predicted molar refractivity (Wildman–Crippen MR) is 101 cm³/mol. The summed E-state index contributed by atoms with van der Waals surface area (Å²) in [6.45, 7) is -0.253. The third-order valence-electron chi connectivity index (χ3n) is 5.19. The molecule has 1 saturated carbocycles. The number of hydrogen-bond donors (Lipinski definition) is 0. The first-order valence-corrected chi connectivity index (χ1v) is 9.13. The van der Waals surface area contributed by atoms with E-state index in [1.165, 1.54) is 36.8 Å². The molecule has 0 bridgehead atoms. The van der Waals surface area contributed by atoms with E-state index in [2.05, 4.69) is 36.4 Å². The highest BCUT2D eigenvalue weighted by Crippen LogP contribution is 2.37. The van der Waals surface area contributed by atoms with Crippen molar-refractivity contribution in [1.82, 2.24) is 0 Å². The van der Waals surface area contributed by atoms with Gasteiger partial charge < -0.3 is 0 Å². The third-order valence-corrected chi connectivity index (χ3v) is 5.19. The maximum absolute atomic E-state index is 12.2. The standard InChI is InChI=1S/C23H24FN/c24-16-2-1-3-18-4-8-20(9-5-18)22-12-14-23(15-13-22)21-10-6-19(17-25)7-11-21/h1,3,6-7,10-15,18,20H,2,4-5,8-9,16H2/b3-1+/t18-,20-. The topological polar surface area (TPSA) is 23.8 Å². The van der Waals surface area contributed by atoms with Crippen LogP contribution in [0.2, 0.25) is 0 Å². The second-order valence-corrected chi connectivity index (χ2v) is 6.83. The lowest BCUT2D eigenvalue weighted by atomic mass is 9.78. The summed E-state index contributed by atoms with van der Waals surface area (Å²) >= 11 is 0. The minimum absolute atomic E-state index is 0.253. The first-order valence-electron chi connectivity index (χ1n) is 9.13. The largest absolute Gasteiger partial charge is 0.251 e. The van der Waals surface area contributed by atoms with Crippen LogP contribution in [-0.4, -0.2) is 6.67 Å². The van der Waals surface area contributed by atoms with Crippen molar-refractivity contribution in [3.8, 4) is 17.2 Å². The van der Waals surface area contributed by atoms with Gasteiger partial charge in [-0.3, -0.25) is 4.39 Å². The SMILES string of the molecule is N#Cc1ccc(-c2ccc([C@H]3CC[C@H](/C=C/CCF)CC3)cc2)cc1. The average molecular weight is 333 g/mol. The van der Waals surface area contributed by atoms with Crippen molar-refractivity contribution in [2.24, 2.45) is 5.92 Å². The molecule has 1 aliphatic rings. The molecule has 1 nitrogen and oxygen atoms in total. The van der Waals surface area contributed by atoms with Gasteiger partial charge in [-0.25, -0.2) is 0 Å². The number of alkyl halides is 1. The van der Waals surface area contributed by atoms with Crippen molar-refractivity contribution < 1.29 is 4.39 Å². The van der Waals surface area contributed by atoms with E-state index in [4.69, 9.17) is 5.26 Å². The fraction of sp³-hybridized carbons (Fsp3) is 0.348. The summed E-state index contributed by atoms with van der Waals surface area (Å²) in [5, 5.41) is 8.89. The summed E-state index contributed by atoms with van der Waals surface area (Å²) in [6.07, 6.45) is 9.58. The molecule has 0 N–H and O–H groups in total. The van der Waals surface area contributed by atoms with E-state index >= 15 is 0 Å². The first kappa shape index (κ1) is 17.4. The Bertz CT molecular complexity index is 729. The van der Waals surface area contributed by atoms with Crippen LogP contribution in [0.1, 0.15) is 49.1 Å². The molecular formula is C23H24FN. The number of nitriles is 1. The summed E-state index contributed by atoms with van der Waals surface area (Å²) < 4.78 is 12.2. The second kappa shape index (κ2) is 8.62. The molecule has 128 valence electrons.